The Morgan fingerprint density at radius 3 is 2.55 bits per heavy atom. The highest BCUT2D eigenvalue weighted by Gasteiger charge is 2.68. The second kappa shape index (κ2) is 10.9. The van der Waals surface area contributed by atoms with E-state index in [-0.39, 0.29) is 12.3 Å². The molecule has 12 atom stereocenters. The maximum absolute atomic E-state index is 12.9. The Morgan fingerprint density at radius 1 is 1.26 bits per heavy atom. The van der Waals surface area contributed by atoms with Crippen LogP contribution in [0.4, 0.5) is 0 Å². The summed E-state index contributed by atoms with van der Waals surface area (Å²) in [6.07, 6.45) is 2.03. The van der Waals surface area contributed by atoms with Crippen molar-refractivity contribution in [3.05, 3.63) is 47.8 Å². The molecule has 1 saturated heterocycles. The number of aromatic nitrogens is 1. The number of ether oxygens (including phenoxy) is 3. The Labute approximate surface area is 222 Å². The normalized spacial score (nSPS) is 37.4. The predicted molar refractivity (Wildman–Crippen MR) is 136 cm³/mol. The van der Waals surface area contributed by atoms with Crippen LogP contribution in [-0.2, 0) is 19.0 Å². The molecule has 4 rings (SSSR count). The number of hydrogen-bond donors (Lipinski definition) is 5. The van der Waals surface area contributed by atoms with Crippen LogP contribution in [0.25, 0.3) is 0 Å². The monoisotopic (exact) mass is 533 g/mol. The molecule has 3 aliphatic rings. The average molecular weight is 534 g/mol. The number of esters is 1. The fourth-order valence-corrected chi connectivity index (χ4v) is 6.74. The highest BCUT2D eigenvalue weighted by molar-refractivity contribution is 5.87. The summed E-state index contributed by atoms with van der Waals surface area (Å²) in [5.74, 6) is -3.79. The number of aromatic amines is 1. The van der Waals surface area contributed by atoms with Gasteiger partial charge >= 0.3 is 11.9 Å². The zero-order valence-corrected chi connectivity index (χ0v) is 22.4. The Kier molecular flexibility index (Phi) is 8.20. The van der Waals surface area contributed by atoms with Crippen molar-refractivity contribution < 1.29 is 44.2 Å². The van der Waals surface area contributed by atoms with E-state index in [2.05, 4.69) is 4.98 Å². The standard InChI is InChI=1S/C28H39NO9/c1-13(22(31)16(4)30)11-14(2)28-17(12-20(36-5)26(33)34)8-9-18-21(28)23(32)15(3)24(25(18)38-28)37-27(35)19-7-6-10-29-19/h6-11,13,15-18,20-25,29-32H,12H2,1-5H3,(H,33,34)/b14-11+/t13?,15-,16?,17-,18-,20+,21+,22+,23-,24?,25-,28+/m1/s1. The number of carboxylic acids is 1. The first-order valence-electron chi connectivity index (χ1n) is 13.1. The highest BCUT2D eigenvalue weighted by atomic mass is 16.6. The third kappa shape index (κ3) is 4.73. The molecule has 5 N–H and O–H groups in total. The lowest BCUT2D eigenvalue weighted by molar-refractivity contribution is -0.151. The van der Waals surface area contributed by atoms with Crippen LogP contribution in [0.2, 0.25) is 0 Å². The van der Waals surface area contributed by atoms with Crippen LogP contribution >= 0.6 is 0 Å². The van der Waals surface area contributed by atoms with Gasteiger partial charge in [0.15, 0.2) is 6.10 Å². The molecule has 1 saturated carbocycles. The molecule has 1 aromatic rings. The van der Waals surface area contributed by atoms with Gasteiger partial charge in [0, 0.05) is 42.9 Å². The minimum absolute atomic E-state index is 0.0881. The lowest BCUT2D eigenvalue weighted by Crippen LogP contribution is -2.57. The first-order valence-corrected chi connectivity index (χ1v) is 13.1. The summed E-state index contributed by atoms with van der Waals surface area (Å²) in [4.78, 5) is 27.6. The van der Waals surface area contributed by atoms with Crippen molar-refractivity contribution in [3.8, 4) is 0 Å². The first-order chi connectivity index (χ1) is 17.9. The van der Waals surface area contributed by atoms with Crippen LogP contribution in [0.1, 0.15) is 44.6 Å². The van der Waals surface area contributed by atoms with Crippen molar-refractivity contribution in [1.29, 1.82) is 0 Å². The summed E-state index contributed by atoms with van der Waals surface area (Å²) < 4.78 is 18.0. The zero-order chi connectivity index (χ0) is 27.9. The van der Waals surface area contributed by atoms with Crippen LogP contribution in [0.15, 0.2) is 42.1 Å². The molecule has 4 bridgehead atoms. The Balaban J connectivity index is 1.76. The van der Waals surface area contributed by atoms with Crippen LogP contribution in [0.5, 0.6) is 0 Å². The van der Waals surface area contributed by atoms with E-state index >= 15 is 0 Å². The van der Waals surface area contributed by atoms with E-state index < -0.39 is 77.8 Å². The highest BCUT2D eigenvalue weighted by Crippen LogP contribution is 2.61. The van der Waals surface area contributed by atoms with E-state index in [4.69, 9.17) is 14.2 Å². The maximum Gasteiger partial charge on any atom is 0.355 e. The van der Waals surface area contributed by atoms with Gasteiger partial charge < -0.3 is 39.6 Å². The maximum atomic E-state index is 12.9. The van der Waals surface area contributed by atoms with Crippen molar-refractivity contribution in [2.75, 3.05) is 7.11 Å². The number of hydrogen-bond acceptors (Lipinski definition) is 8. The fraction of sp³-hybridized carbons (Fsp3) is 0.643. The van der Waals surface area contributed by atoms with Gasteiger partial charge in [-0.05, 0) is 38.0 Å². The van der Waals surface area contributed by atoms with E-state index in [1.807, 2.05) is 32.1 Å². The van der Waals surface area contributed by atoms with Gasteiger partial charge in [-0.25, -0.2) is 9.59 Å². The van der Waals surface area contributed by atoms with Gasteiger partial charge in [0.1, 0.15) is 23.5 Å². The number of nitrogens with one attached hydrogen (secondary N) is 1. The van der Waals surface area contributed by atoms with E-state index in [1.165, 1.54) is 14.0 Å². The van der Waals surface area contributed by atoms with Crippen LogP contribution in [0, 0.1) is 29.6 Å². The topological polar surface area (TPSA) is 159 Å². The molecular weight excluding hydrogens is 494 g/mol. The van der Waals surface area contributed by atoms with E-state index in [0.29, 0.717) is 11.3 Å². The summed E-state index contributed by atoms with van der Waals surface area (Å²) >= 11 is 0. The molecule has 10 nitrogen and oxygen atoms in total. The van der Waals surface area contributed by atoms with Gasteiger partial charge in [-0.15, -0.1) is 0 Å². The molecule has 38 heavy (non-hydrogen) atoms. The van der Waals surface area contributed by atoms with Gasteiger partial charge in [-0.3, -0.25) is 0 Å². The van der Waals surface area contributed by atoms with Crippen molar-refractivity contribution in [3.63, 3.8) is 0 Å². The molecule has 2 fully saturated rings. The summed E-state index contributed by atoms with van der Waals surface area (Å²) in [7, 11) is 1.34. The van der Waals surface area contributed by atoms with Gasteiger partial charge in [0.2, 0.25) is 0 Å². The van der Waals surface area contributed by atoms with Crippen molar-refractivity contribution >= 4 is 11.9 Å². The molecule has 10 heteroatoms. The van der Waals surface area contributed by atoms with Gasteiger partial charge in [0.05, 0.1) is 18.3 Å². The molecule has 1 aromatic heterocycles. The van der Waals surface area contributed by atoms with E-state index in [0.717, 1.165) is 0 Å². The van der Waals surface area contributed by atoms with Gasteiger partial charge in [0.25, 0.3) is 0 Å². The summed E-state index contributed by atoms with van der Waals surface area (Å²) in [5.41, 5.74) is -0.136. The molecule has 1 aliphatic heterocycles. The first kappa shape index (κ1) is 28.5. The number of carbonyl (C=O) groups is 2. The molecule has 2 aliphatic carbocycles. The molecule has 0 spiro atoms. The largest absolute Gasteiger partial charge is 0.479 e. The second-order valence-electron chi connectivity index (χ2n) is 11.0. The van der Waals surface area contributed by atoms with E-state index in [1.54, 1.807) is 25.3 Å². The minimum atomic E-state index is -1.13. The Bertz CT molecular complexity index is 1070. The smallest absolute Gasteiger partial charge is 0.355 e. The van der Waals surface area contributed by atoms with Crippen LogP contribution in [-0.4, -0.2) is 86.7 Å². The predicted octanol–water partition coefficient (Wildman–Crippen LogP) is 1.92. The van der Waals surface area contributed by atoms with Crippen molar-refractivity contribution in [1.82, 2.24) is 4.98 Å². The number of aliphatic hydroxyl groups excluding tert-OH is 3. The number of carboxylic acid groups (broad SMARTS) is 1. The zero-order valence-electron chi connectivity index (χ0n) is 22.4. The number of aliphatic hydroxyl groups is 3. The average Bonchev–Trinajstić information content (AvgIpc) is 3.47. The third-order valence-electron chi connectivity index (χ3n) is 8.74. The number of methoxy groups -OCH3 is 1. The molecule has 0 aromatic carbocycles. The SMILES string of the molecule is CO[C@@H](C[C@H]1C=C[C@@H]2[C@H]3[C@H](O)[C@@H](C)C(OC(=O)c4ccc[nH]4)[C@@H]2O[C@]31/C(C)=C/C(C)[C@H](O)C(C)O)C(=O)O. The van der Waals surface area contributed by atoms with Gasteiger partial charge in [-0.2, -0.15) is 0 Å². The molecule has 0 amide bonds. The number of carbonyl (C=O) groups excluding carboxylic acids is 1. The van der Waals surface area contributed by atoms with Crippen LogP contribution < -0.4 is 0 Å². The minimum Gasteiger partial charge on any atom is -0.479 e. The second-order valence-corrected chi connectivity index (χ2v) is 11.0. The molecule has 3 unspecified atom stereocenters. The van der Waals surface area contributed by atoms with E-state index in [9.17, 15) is 30.0 Å². The Morgan fingerprint density at radius 2 is 1.97 bits per heavy atom. The van der Waals surface area contributed by atoms with Crippen LogP contribution in [0.3, 0.4) is 0 Å². The lowest BCUT2D eigenvalue weighted by Gasteiger charge is -2.48. The third-order valence-corrected chi connectivity index (χ3v) is 8.74. The Hall–Kier alpha value is -2.50. The molecular formula is C28H39NO9. The van der Waals surface area contributed by atoms with Crippen molar-refractivity contribution in [2.24, 2.45) is 29.6 Å². The summed E-state index contributed by atoms with van der Waals surface area (Å²) in [5, 5.41) is 41.8. The lowest BCUT2D eigenvalue weighted by atomic mass is 9.57. The summed E-state index contributed by atoms with van der Waals surface area (Å²) in [6.45, 7) is 6.95. The summed E-state index contributed by atoms with van der Waals surface area (Å²) in [6, 6.07) is 3.30. The molecule has 2 heterocycles. The van der Waals surface area contributed by atoms with Gasteiger partial charge in [-0.1, -0.05) is 32.1 Å². The number of H-pyrrole nitrogens is 1. The fourth-order valence-electron chi connectivity index (χ4n) is 6.74. The quantitative estimate of drug-likeness (QED) is 0.224. The van der Waals surface area contributed by atoms with Crippen molar-refractivity contribution in [2.45, 2.75) is 76.3 Å². The molecule has 0 radical (unpaired) electrons. The number of aliphatic carboxylic acids is 1. The number of rotatable bonds is 10. The molecule has 210 valence electrons.